The van der Waals surface area contributed by atoms with Gasteiger partial charge in [-0.3, -0.25) is 0 Å². The number of thiazole rings is 1. The van der Waals surface area contributed by atoms with Crippen LogP contribution >= 0.6 is 11.3 Å². The Morgan fingerprint density at radius 1 is 1.50 bits per heavy atom. The summed E-state index contributed by atoms with van der Waals surface area (Å²) < 4.78 is 30.8. The minimum Gasteiger partial charge on any atom is -0.431 e. The van der Waals surface area contributed by atoms with E-state index >= 15 is 0 Å². The van der Waals surface area contributed by atoms with Gasteiger partial charge in [0.25, 0.3) is 6.01 Å². The molecule has 0 N–H and O–H groups in total. The minimum absolute atomic E-state index is 0.209. The van der Waals surface area contributed by atoms with Gasteiger partial charge in [0.2, 0.25) is 0 Å². The molecule has 1 heterocycles. The number of nitrogens with zero attached hydrogens (tertiary/aromatic N) is 1. The number of benzene rings is 1. The molecule has 2 aromatic rings. The summed E-state index contributed by atoms with van der Waals surface area (Å²) in [6, 6.07) is 2.91. The van der Waals surface area contributed by atoms with E-state index in [4.69, 9.17) is 4.74 Å². The van der Waals surface area contributed by atoms with E-state index in [1.165, 1.54) is 29.5 Å². The van der Waals surface area contributed by atoms with Gasteiger partial charge in [-0.15, -0.1) is 11.3 Å². The highest BCUT2D eigenvalue weighted by Gasteiger charge is 2.13. The van der Waals surface area contributed by atoms with Gasteiger partial charge < -0.3 is 4.74 Å². The number of hydrogen-bond donors (Lipinski definition) is 0. The Morgan fingerprint density at radius 3 is 2.89 bits per heavy atom. The number of ether oxygens (including phenoxy) is 1. The zero-order valence-corrected chi connectivity index (χ0v) is 10.6. The van der Waals surface area contributed by atoms with E-state index in [0.717, 1.165) is 11.3 Å². The maximum Gasteiger partial charge on any atom is 0.270 e. The first kappa shape index (κ1) is 12.7. The van der Waals surface area contributed by atoms with Crippen LogP contribution in [0.2, 0.25) is 0 Å². The summed E-state index contributed by atoms with van der Waals surface area (Å²) in [7, 11) is 0. The molecule has 0 aliphatic heterocycles. The summed E-state index contributed by atoms with van der Waals surface area (Å²) in [6.45, 7) is 5.03. The fourth-order valence-electron chi connectivity index (χ4n) is 1.47. The van der Waals surface area contributed by atoms with Crippen molar-refractivity contribution in [1.82, 2.24) is 4.98 Å². The summed E-state index contributed by atoms with van der Waals surface area (Å²) in [4.78, 5) is 5.25. The third kappa shape index (κ3) is 2.73. The molecule has 0 saturated carbocycles. The third-order valence-corrected chi connectivity index (χ3v) is 3.47. The predicted molar refractivity (Wildman–Crippen MR) is 67.8 cm³/mol. The van der Waals surface area contributed by atoms with Crippen molar-refractivity contribution in [2.24, 2.45) is 0 Å². The van der Waals surface area contributed by atoms with Gasteiger partial charge in [-0.2, -0.15) is 4.39 Å². The Hall–Kier alpha value is -1.75. The van der Waals surface area contributed by atoms with Crippen LogP contribution in [0.3, 0.4) is 0 Å². The van der Waals surface area contributed by atoms with Gasteiger partial charge in [0.05, 0.1) is 5.56 Å². The van der Waals surface area contributed by atoms with Gasteiger partial charge in [-0.1, -0.05) is 6.92 Å². The fourth-order valence-corrected chi connectivity index (χ4v) is 2.35. The number of halogens is 2. The number of hydrogen-bond acceptors (Lipinski definition) is 3. The molecule has 18 heavy (non-hydrogen) atoms. The van der Waals surface area contributed by atoms with Crippen molar-refractivity contribution in [2.75, 3.05) is 0 Å². The lowest BCUT2D eigenvalue weighted by Crippen LogP contribution is -1.91. The highest BCUT2D eigenvalue weighted by atomic mass is 32.1. The number of aryl methyl sites for hydroxylation is 1. The van der Waals surface area contributed by atoms with Crippen molar-refractivity contribution < 1.29 is 13.5 Å². The van der Waals surface area contributed by atoms with Crippen molar-refractivity contribution in [1.29, 1.82) is 0 Å². The van der Waals surface area contributed by atoms with Crippen LogP contribution in [0.25, 0.3) is 10.6 Å². The van der Waals surface area contributed by atoms with Crippen LogP contribution in [0.15, 0.2) is 37.0 Å². The van der Waals surface area contributed by atoms with Gasteiger partial charge in [0.15, 0.2) is 0 Å². The quantitative estimate of drug-likeness (QED) is 0.769. The number of aromatic nitrogens is 1. The Labute approximate surface area is 108 Å². The molecule has 1 aromatic carbocycles. The zero-order valence-electron chi connectivity index (χ0n) is 9.74. The molecular weight excluding hydrogens is 256 g/mol. The second-order valence-corrected chi connectivity index (χ2v) is 4.70. The van der Waals surface area contributed by atoms with Crippen molar-refractivity contribution in [3.63, 3.8) is 0 Å². The first-order valence-electron chi connectivity index (χ1n) is 5.37. The molecule has 5 heteroatoms. The molecule has 0 spiro atoms. The molecule has 0 amide bonds. The molecule has 1 aromatic heterocycles. The SMILES string of the molecule is C=C(F)Oc1ccc(F)cc1-c1ncc(CC)s1. The van der Waals surface area contributed by atoms with E-state index in [1.54, 1.807) is 6.20 Å². The van der Waals surface area contributed by atoms with Crippen LogP contribution in [0.4, 0.5) is 8.78 Å². The van der Waals surface area contributed by atoms with Gasteiger partial charge in [0, 0.05) is 11.1 Å². The molecule has 0 bridgehead atoms. The number of rotatable bonds is 4. The van der Waals surface area contributed by atoms with Gasteiger partial charge in [-0.25, -0.2) is 9.37 Å². The van der Waals surface area contributed by atoms with E-state index in [0.29, 0.717) is 10.6 Å². The van der Waals surface area contributed by atoms with E-state index in [1.807, 2.05) is 6.92 Å². The van der Waals surface area contributed by atoms with Crippen molar-refractivity contribution in [3.8, 4) is 16.3 Å². The largest absolute Gasteiger partial charge is 0.431 e. The lowest BCUT2D eigenvalue weighted by molar-refractivity contribution is 0.306. The van der Waals surface area contributed by atoms with Crippen molar-refractivity contribution in [2.45, 2.75) is 13.3 Å². The Balaban J connectivity index is 2.46. The first-order chi connectivity index (χ1) is 8.60. The van der Waals surface area contributed by atoms with E-state index < -0.39 is 11.8 Å². The molecule has 0 fully saturated rings. The molecule has 0 unspecified atom stereocenters. The van der Waals surface area contributed by atoms with E-state index in [-0.39, 0.29) is 5.75 Å². The van der Waals surface area contributed by atoms with Crippen molar-refractivity contribution in [3.05, 3.63) is 47.7 Å². The van der Waals surface area contributed by atoms with E-state index in [2.05, 4.69) is 11.6 Å². The lowest BCUT2D eigenvalue weighted by atomic mass is 10.2. The standard InChI is InChI=1S/C13H11F2NOS/c1-3-10-7-16-13(18-10)11-6-9(15)4-5-12(11)17-8(2)14/h4-7H,2-3H2,1H3. The van der Waals surface area contributed by atoms with Crippen LogP contribution in [-0.2, 0) is 6.42 Å². The topological polar surface area (TPSA) is 22.1 Å². The van der Waals surface area contributed by atoms with Gasteiger partial charge in [0.1, 0.15) is 16.6 Å². The molecule has 0 aliphatic rings. The van der Waals surface area contributed by atoms with Crippen molar-refractivity contribution >= 4 is 11.3 Å². The van der Waals surface area contributed by atoms with Crippen LogP contribution in [0, 0.1) is 5.82 Å². The summed E-state index contributed by atoms with van der Waals surface area (Å²) in [5.74, 6) is -0.212. The maximum atomic E-state index is 13.3. The molecule has 0 radical (unpaired) electrons. The molecule has 2 nitrogen and oxygen atoms in total. The summed E-state index contributed by atoms with van der Waals surface area (Å²) >= 11 is 1.43. The monoisotopic (exact) mass is 267 g/mol. The fraction of sp³-hybridized carbons (Fsp3) is 0.154. The minimum atomic E-state index is -0.935. The molecule has 0 aliphatic carbocycles. The second-order valence-electron chi connectivity index (χ2n) is 3.58. The molecule has 0 atom stereocenters. The average molecular weight is 267 g/mol. The van der Waals surface area contributed by atoms with Gasteiger partial charge in [-0.05, 0) is 31.2 Å². The zero-order chi connectivity index (χ0) is 13.1. The lowest BCUT2D eigenvalue weighted by Gasteiger charge is -2.07. The Morgan fingerprint density at radius 2 is 2.28 bits per heavy atom. The molecular formula is C13H11F2NOS. The third-order valence-electron chi connectivity index (χ3n) is 2.29. The highest BCUT2D eigenvalue weighted by Crippen LogP contribution is 2.34. The van der Waals surface area contributed by atoms with Crippen LogP contribution in [0.1, 0.15) is 11.8 Å². The maximum absolute atomic E-state index is 13.3. The van der Waals surface area contributed by atoms with Crippen LogP contribution in [0.5, 0.6) is 5.75 Å². The van der Waals surface area contributed by atoms with E-state index in [9.17, 15) is 8.78 Å². The second kappa shape index (κ2) is 5.27. The highest BCUT2D eigenvalue weighted by molar-refractivity contribution is 7.15. The summed E-state index contributed by atoms with van der Waals surface area (Å²) in [6.07, 6.45) is 2.57. The van der Waals surface area contributed by atoms with Crippen LogP contribution in [-0.4, -0.2) is 4.98 Å². The first-order valence-corrected chi connectivity index (χ1v) is 6.18. The molecule has 0 saturated heterocycles. The van der Waals surface area contributed by atoms with Gasteiger partial charge >= 0.3 is 0 Å². The Kier molecular flexibility index (Phi) is 3.72. The average Bonchev–Trinajstić information content (AvgIpc) is 2.79. The Bertz CT molecular complexity index is 580. The molecule has 2 rings (SSSR count). The summed E-state index contributed by atoms with van der Waals surface area (Å²) in [5, 5.41) is 0.600. The summed E-state index contributed by atoms with van der Waals surface area (Å²) in [5.41, 5.74) is 0.429. The smallest absolute Gasteiger partial charge is 0.270 e. The van der Waals surface area contributed by atoms with Crippen LogP contribution < -0.4 is 4.74 Å². The molecule has 94 valence electrons. The predicted octanol–water partition coefficient (Wildman–Crippen LogP) is 4.33. The normalized spacial score (nSPS) is 10.4.